The van der Waals surface area contributed by atoms with Gasteiger partial charge in [0.05, 0.1) is 48.5 Å². The summed E-state index contributed by atoms with van der Waals surface area (Å²) in [7, 11) is 0. The molecule has 0 saturated carbocycles. The van der Waals surface area contributed by atoms with E-state index in [4.69, 9.17) is 4.74 Å². The Morgan fingerprint density at radius 2 is 2.30 bits per heavy atom. The second-order valence-electron chi connectivity index (χ2n) is 6.57. The Hall–Kier alpha value is -2.94. The van der Waals surface area contributed by atoms with Crippen LogP contribution in [0.15, 0.2) is 18.5 Å². The highest BCUT2D eigenvalue weighted by atomic mass is 16.5. The molecule has 142 valence electrons. The molecule has 0 aromatic carbocycles. The van der Waals surface area contributed by atoms with Crippen LogP contribution in [0.4, 0.5) is 0 Å². The van der Waals surface area contributed by atoms with Crippen molar-refractivity contribution in [2.75, 3.05) is 19.8 Å². The van der Waals surface area contributed by atoms with Crippen molar-refractivity contribution in [3.8, 4) is 11.4 Å². The summed E-state index contributed by atoms with van der Waals surface area (Å²) in [5, 5.41) is 11.2. The summed E-state index contributed by atoms with van der Waals surface area (Å²) in [5.74, 6) is 0.762. The lowest BCUT2D eigenvalue weighted by atomic mass is 10.1. The summed E-state index contributed by atoms with van der Waals surface area (Å²) in [5.41, 5.74) is 4.33. The Morgan fingerprint density at radius 3 is 3.07 bits per heavy atom. The van der Waals surface area contributed by atoms with Crippen LogP contribution in [0.1, 0.15) is 34.5 Å². The highest BCUT2D eigenvalue weighted by Gasteiger charge is 2.27. The maximum Gasteiger partial charge on any atom is 0.272 e. The number of nitrogens with zero attached hydrogens (tertiary/aromatic N) is 5. The summed E-state index contributed by atoms with van der Waals surface area (Å²) in [4.78, 5) is 22.9. The number of rotatable bonds is 6. The number of H-pyrrole nitrogens is 2. The summed E-state index contributed by atoms with van der Waals surface area (Å²) in [6.07, 6.45) is 4.25. The molecule has 4 rings (SSSR count). The fraction of sp³-hybridized carbons (Fsp3) is 0.444. The molecule has 3 aromatic rings. The van der Waals surface area contributed by atoms with Gasteiger partial charge in [-0.2, -0.15) is 10.2 Å². The third kappa shape index (κ3) is 3.50. The van der Waals surface area contributed by atoms with Gasteiger partial charge in [0, 0.05) is 25.8 Å². The van der Waals surface area contributed by atoms with Gasteiger partial charge < -0.3 is 14.6 Å². The minimum absolute atomic E-state index is 0.0165. The third-order valence-electron chi connectivity index (χ3n) is 4.66. The van der Waals surface area contributed by atoms with Gasteiger partial charge in [0.1, 0.15) is 11.5 Å². The van der Waals surface area contributed by atoms with Crippen LogP contribution in [0, 0.1) is 6.92 Å². The number of amides is 1. The molecule has 1 aliphatic rings. The smallest absolute Gasteiger partial charge is 0.272 e. The van der Waals surface area contributed by atoms with Crippen LogP contribution in [0.5, 0.6) is 0 Å². The minimum atomic E-state index is -0.0165. The van der Waals surface area contributed by atoms with E-state index < -0.39 is 0 Å². The first-order valence-electron chi connectivity index (χ1n) is 9.14. The molecular formula is C18H23N7O2. The molecule has 0 radical (unpaired) electrons. The zero-order chi connectivity index (χ0) is 18.8. The standard InChI is InChI=1S/C18H23N7O2/c1-3-27-7-6-25-16(8-12(2)23-25)18(26)24-5-4-14-15(11-24)22-17(21-14)13-9-19-20-10-13/h8-10H,3-7,11H2,1-2H3,(H,19,20)(H,21,22). The van der Waals surface area contributed by atoms with E-state index in [9.17, 15) is 4.79 Å². The van der Waals surface area contributed by atoms with Crippen molar-refractivity contribution >= 4 is 5.91 Å². The number of nitrogens with one attached hydrogen (secondary N) is 2. The average molecular weight is 369 g/mol. The predicted octanol–water partition coefficient (Wildman–Crippen LogP) is 1.54. The third-order valence-corrected chi connectivity index (χ3v) is 4.66. The lowest BCUT2D eigenvalue weighted by molar-refractivity contribution is 0.0714. The molecule has 2 N–H and O–H groups in total. The lowest BCUT2D eigenvalue weighted by Gasteiger charge is -2.26. The van der Waals surface area contributed by atoms with Crippen LogP contribution in [0.25, 0.3) is 11.4 Å². The van der Waals surface area contributed by atoms with Crippen LogP contribution >= 0.6 is 0 Å². The zero-order valence-corrected chi connectivity index (χ0v) is 15.5. The first-order valence-corrected chi connectivity index (χ1v) is 9.14. The van der Waals surface area contributed by atoms with E-state index in [1.165, 1.54) is 0 Å². The first-order chi connectivity index (χ1) is 13.2. The summed E-state index contributed by atoms with van der Waals surface area (Å²) >= 11 is 0. The summed E-state index contributed by atoms with van der Waals surface area (Å²) in [6, 6.07) is 1.84. The van der Waals surface area contributed by atoms with Crippen LogP contribution < -0.4 is 0 Å². The van der Waals surface area contributed by atoms with Crippen LogP contribution in [-0.4, -0.2) is 60.5 Å². The molecule has 27 heavy (non-hydrogen) atoms. The summed E-state index contributed by atoms with van der Waals surface area (Å²) in [6.45, 7) is 6.75. The van der Waals surface area contributed by atoms with Crippen LogP contribution in [0.2, 0.25) is 0 Å². The number of carbonyl (C=O) groups excluding carboxylic acids is 1. The Kier molecular flexibility index (Phi) is 4.76. The number of hydrogen-bond acceptors (Lipinski definition) is 5. The second-order valence-corrected chi connectivity index (χ2v) is 6.57. The number of aromatic nitrogens is 6. The molecule has 0 unspecified atom stereocenters. The molecule has 9 nitrogen and oxygen atoms in total. The maximum atomic E-state index is 13.1. The summed E-state index contributed by atoms with van der Waals surface area (Å²) < 4.78 is 7.15. The molecule has 0 fully saturated rings. The number of imidazole rings is 1. The van der Waals surface area contributed by atoms with Crippen molar-refractivity contribution in [1.29, 1.82) is 0 Å². The Labute approximate surface area is 156 Å². The number of hydrogen-bond donors (Lipinski definition) is 2. The number of aryl methyl sites for hydroxylation is 1. The fourth-order valence-electron chi connectivity index (χ4n) is 3.33. The van der Waals surface area contributed by atoms with Crippen molar-refractivity contribution < 1.29 is 9.53 Å². The van der Waals surface area contributed by atoms with Gasteiger partial charge in [0.25, 0.3) is 5.91 Å². The Balaban J connectivity index is 1.51. The number of ether oxygens (including phenoxy) is 1. The SMILES string of the molecule is CCOCCn1nc(C)cc1C(=O)N1CCc2nc(-c3cn[nH]c3)[nH]c2C1. The lowest BCUT2D eigenvalue weighted by Crippen LogP contribution is -2.37. The molecule has 0 spiro atoms. The topological polar surface area (TPSA) is 105 Å². The minimum Gasteiger partial charge on any atom is -0.380 e. The van der Waals surface area contributed by atoms with E-state index >= 15 is 0 Å². The van der Waals surface area contributed by atoms with Crippen molar-refractivity contribution in [2.24, 2.45) is 0 Å². The van der Waals surface area contributed by atoms with E-state index in [1.807, 2.05) is 24.8 Å². The number of aromatic amines is 2. The molecule has 3 aromatic heterocycles. The van der Waals surface area contributed by atoms with Gasteiger partial charge in [-0.25, -0.2) is 4.98 Å². The van der Waals surface area contributed by atoms with Crippen LogP contribution in [0.3, 0.4) is 0 Å². The number of fused-ring (bicyclic) bond motifs is 1. The molecule has 0 atom stereocenters. The van der Waals surface area contributed by atoms with Gasteiger partial charge in [0.2, 0.25) is 0 Å². The van der Waals surface area contributed by atoms with E-state index in [0.717, 1.165) is 34.9 Å². The van der Waals surface area contributed by atoms with E-state index in [2.05, 4.69) is 25.3 Å². The van der Waals surface area contributed by atoms with Gasteiger partial charge in [-0.1, -0.05) is 0 Å². The van der Waals surface area contributed by atoms with E-state index in [0.29, 0.717) is 38.5 Å². The predicted molar refractivity (Wildman–Crippen MR) is 98.1 cm³/mol. The van der Waals surface area contributed by atoms with Crippen molar-refractivity contribution in [1.82, 2.24) is 34.8 Å². The first kappa shape index (κ1) is 17.5. The second kappa shape index (κ2) is 7.36. The van der Waals surface area contributed by atoms with Gasteiger partial charge in [-0.3, -0.25) is 14.6 Å². The Bertz CT molecular complexity index is 926. The maximum absolute atomic E-state index is 13.1. The highest BCUT2D eigenvalue weighted by molar-refractivity contribution is 5.92. The van der Waals surface area contributed by atoms with Crippen molar-refractivity contribution in [3.05, 3.63) is 41.2 Å². The largest absolute Gasteiger partial charge is 0.380 e. The fourth-order valence-corrected chi connectivity index (χ4v) is 3.33. The quantitative estimate of drug-likeness (QED) is 0.641. The molecule has 0 aliphatic carbocycles. The Morgan fingerprint density at radius 1 is 1.41 bits per heavy atom. The molecule has 1 amide bonds. The molecule has 9 heteroatoms. The van der Waals surface area contributed by atoms with Gasteiger partial charge in [-0.15, -0.1) is 0 Å². The molecule has 0 bridgehead atoms. The monoisotopic (exact) mass is 369 g/mol. The van der Waals surface area contributed by atoms with Crippen molar-refractivity contribution in [3.63, 3.8) is 0 Å². The number of carbonyl (C=O) groups is 1. The molecule has 4 heterocycles. The normalized spacial score (nSPS) is 13.8. The van der Waals surface area contributed by atoms with E-state index in [-0.39, 0.29) is 5.91 Å². The zero-order valence-electron chi connectivity index (χ0n) is 15.5. The van der Waals surface area contributed by atoms with Crippen molar-refractivity contribution in [2.45, 2.75) is 33.4 Å². The van der Waals surface area contributed by atoms with E-state index in [1.54, 1.807) is 17.1 Å². The molecule has 0 saturated heterocycles. The van der Waals surface area contributed by atoms with Gasteiger partial charge >= 0.3 is 0 Å². The average Bonchev–Trinajstić information content (AvgIpc) is 3.39. The van der Waals surface area contributed by atoms with Crippen LogP contribution in [-0.2, 0) is 24.2 Å². The molecular weight excluding hydrogens is 346 g/mol. The highest BCUT2D eigenvalue weighted by Crippen LogP contribution is 2.23. The molecule has 1 aliphatic heterocycles. The van der Waals surface area contributed by atoms with Gasteiger partial charge in [0.15, 0.2) is 0 Å². The van der Waals surface area contributed by atoms with Gasteiger partial charge in [-0.05, 0) is 19.9 Å².